The number of aromatic nitrogens is 4. The Morgan fingerprint density at radius 3 is 2.41 bits per heavy atom. The topological polar surface area (TPSA) is 85.8 Å². The van der Waals surface area contributed by atoms with Crippen molar-refractivity contribution in [3.63, 3.8) is 0 Å². The number of hydrogen-bond acceptors (Lipinski definition) is 5. The Kier molecular flexibility index (Phi) is 5.07. The van der Waals surface area contributed by atoms with Crippen molar-refractivity contribution in [2.75, 3.05) is 0 Å². The maximum absolute atomic E-state index is 12.7. The highest BCUT2D eigenvalue weighted by Crippen LogP contribution is 2.30. The van der Waals surface area contributed by atoms with Gasteiger partial charge in [-0.05, 0) is 12.1 Å². The molecule has 1 N–H and O–H groups in total. The number of hydrogen-bond donors (Lipinski definition) is 1. The number of carbonyl (C=O) groups is 1. The van der Waals surface area contributed by atoms with Crippen molar-refractivity contribution in [3.05, 3.63) is 53.3 Å². The average molecular weight is 419 g/mol. The van der Waals surface area contributed by atoms with E-state index < -0.39 is 29.6 Å². The van der Waals surface area contributed by atoms with Crippen molar-refractivity contribution in [3.8, 4) is 11.3 Å². The average Bonchev–Trinajstić information content (AvgIpc) is 3.25. The lowest BCUT2D eigenvalue weighted by Gasteiger charge is -2.05. The van der Waals surface area contributed by atoms with E-state index >= 15 is 0 Å². The summed E-state index contributed by atoms with van der Waals surface area (Å²) in [5.74, 6) is -0.770. The largest absolute Gasteiger partial charge is 0.435 e. The van der Waals surface area contributed by atoms with E-state index in [0.717, 1.165) is 16.9 Å². The molecule has 3 aromatic heterocycles. The molecule has 0 spiro atoms. The molecule has 0 aliphatic heterocycles. The molecule has 0 unspecified atom stereocenters. The molecular formula is C16H11F6N5O2. The first kappa shape index (κ1) is 20.4. The van der Waals surface area contributed by atoms with Gasteiger partial charge in [-0.25, -0.2) is 0 Å². The fraction of sp³-hybridized carbons (Fsp3) is 0.250. The van der Waals surface area contributed by atoms with Gasteiger partial charge in [-0.3, -0.25) is 14.5 Å². The lowest BCUT2D eigenvalue weighted by molar-refractivity contribution is -0.142. The van der Waals surface area contributed by atoms with E-state index in [0.29, 0.717) is 6.07 Å². The molecule has 3 rings (SSSR count). The van der Waals surface area contributed by atoms with Crippen LogP contribution >= 0.6 is 0 Å². The molecule has 0 aromatic carbocycles. The predicted molar refractivity (Wildman–Crippen MR) is 84.1 cm³/mol. The number of halogens is 6. The van der Waals surface area contributed by atoms with Crippen LogP contribution in [0, 0.1) is 0 Å². The van der Waals surface area contributed by atoms with Gasteiger partial charge in [0.05, 0.1) is 6.54 Å². The van der Waals surface area contributed by atoms with Gasteiger partial charge >= 0.3 is 12.4 Å². The quantitative estimate of drug-likeness (QED) is 0.655. The standard InChI is InChI=1S/C16H11F6N5O2/c1-27-11(6-13(25-27)16(20,21)22)14(28)24-7-9-5-10(26-29-9)8-2-3-23-12(4-8)15(17,18)19/h2-6H,7H2,1H3,(H,24,28). The lowest BCUT2D eigenvalue weighted by atomic mass is 10.1. The van der Waals surface area contributed by atoms with Gasteiger partial charge in [0.15, 0.2) is 11.5 Å². The molecule has 13 heteroatoms. The Labute approximate surface area is 158 Å². The maximum Gasteiger partial charge on any atom is 0.435 e. The van der Waals surface area contributed by atoms with E-state index in [4.69, 9.17) is 4.52 Å². The zero-order valence-electron chi connectivity index (χ0n) is 14.5. The van der Waals surface area contributed by atoms with E-state index in [9.17, 15) is 31.1 Å². The maximum atomic E-state index is 12.7. The van der Waals surface area contributed by atoms with Crippen LogP contribution in [-0.2, 0) is 25.9 Å². The highest BCUT2D eigenvalue weighted by Gasteiger charge is 2.35. The summed E-state index contributed by atoms with van der Waals surface area (Å²) in [6.45, 7) is -0.254. The van der Waals surface area contributed by atoms with Gasteiger partial charge in [0, 0.05) is 30.9 Å². The molecule has 0 bridgehead atoms. The number of amides is 1. The highest BCUT2D eigenvalue weighted by atomic mass is 19.4. The molecule has 7 nitrogen and oxygen atoms in total. The van der Waals surface area contributed by atoms with Crippen LogP contribution in [0.25, 0.3) is 11.3 Å². The van der Waals surface area contributed by atoms with Crippen molar-refractivity contribution in [1.82, 2.24) is 25.2 Å². The molecule has 0 saturated heterocycles. The Morgan fingerprint density at radius 1 is 1.10 bits per heavy atom. The van der Waals surface area contributed by atoms with Gasteiger partial charge in [0.1, 0.15) is 17.1 Å². The van der Waals surface area contributed by atoms with Crippen LogP contribution in [0.15, 0.2) is 35.0 Å². The van der Waals surface area contributed by atoms with Crippen LogP contribution < -0.4 is 5.32 Å². The second-order valence-corrected chi connectivity index (χ2v) is 5.82. The number of nitrogens with one attached hydrogen (secondary N) is 1. The molecule has 0 radical (unpaired) electrons. The molecule has 0 atom stereocenters. The minimum absolute atomic E-state index is 0.0713. The molecular weight excluding hydrogens is 408 g/mol. The number of alkyl halides is 6. The van der Waals surface area contributed by atoms with Gasteiger partial charge in [0.25, 0.3) is 5.91 Å². The summed E-state index contributed by atoms with van der Waals surface area (Å²) in [6.07, 6.45) is -8.36. The summed E-state index contributed by atoms with van der Waals surface area (Å²) in [5, 5.41) is 9.18. The normalized spacial score (nSPS) is 12.2. The van der Waals surface area contributed by atoms with Crippen LogP contribution in [0.4, 0.5) is 26.3 Å². The summed E-state index contributed by atoms with van der Waals surface area (Å²) in [5.41, 5.74) is -2.49. The first-order chi connectivity index (χ1) is 13.4. The summed E-state index contributed by atoms with van der Waals surface area (Å²) < 4.78 is 81.9. The van der Waals surface area contributed by atoms with E-state index in [2.05, 4.69) is 20.6 Å². The predicted octanol–water partition coefficient (Wildman–Crippen LogP) is 3.44. The smallest absolute Gasteiger partial charge is 0.359 e. The monoisotopic (exact) mass is 419 g/mol. The SMILES string of the molecule is Cn1nc(C(F)(F)F)cc1C(=O)NCc1cc(-c2ccnc(C(F)(F)F)c2)no1. The van der Waals surface area contributed by atoms with Crippen molar-refractivity contribution in [2.24, 2.45) is 7.05 Å². The summed E-state index contributed by atoms with van der Waals surface area (Å²) in [6, 6.07) is 3.97. The van der Waals surface area contributed by atoms with Crippen molar-refractivity contribution >= 4 is 5.91 Å². The van der Waals surface area contributed by atoms with Crippen molar-refractivity contribution < 1.29 is 35.7 Å². The number of nitrogens with zero attached hydrogens (tertiary/aromatic N) is 4. The Balaban J connectivity index is 1.70. The van der Waals surface area contributed by atoms with Crippen LogP contribution in [-0.4, -0.2) is 25.8 Å². The Hall–Kier alpha value is -3.38. The molecule has 3 heterocycles. The van der Waals surface area contributed by atoms with Crippen LogP contribution in [0.3, 0.4) is 0 Å². The number of aryl methyl sites for hydroxylation is 1. The Bertz CT molecular complexity index is 1040. The van der Waals surface area contributed by atoms with Crippen LogP contribution in [0.1, 0.15) is 27.6 Å². The van der Waals surface area contributed by atoms with E-state index in [1.54, 1.807) is 0 Å². The molecule has 0 aliphatic rings. The molecule has 3 aromatic rings. The summed E-state index contributed by atoms with van der Waals surface area (Å²) in [4.78, 5) is 15.3. The van der Waals surface area contributed by atoms with Gasteiger partial charge < -0.3 is 9.84 Å². The van der Waals surface area contributed by atoms with E-state index in [-0.39, 0.29) is 29.3 Å². The van der Waals surface area contributed by atoms with E-state index in [1.165, 1.54) is 19.2 Å². The minimum Gasteiger partial charge on any atom is -0.359 e. The van der Waals surface area contributed by atoms with Gasteiger partial charge in [-0.15, -0.1) is 0 Å². The van der Waals surface area contributed by atoms with Crippen molar-refractivity contribution in [1.29, 1.82) is 0 Å². The summed E-state index contributed by atoms with van der Waals surface area (Å²) >= 11 is 0. The fourth-order valence-electron chi connectivity index (χ4n) is 2.35. The van der Waals surface area contributed by atoms with Gasteiger partial charge in [0.2, 0.25) is 0 Å². The summed E-state index contributed by atoms with van der Waals surface area (Å²) in [7, 11) is 1.18. The van der Waals surface area contributed by atoms with Gasteiger partial charge in [-0.2, -0.15) is 31.4 Å². The zero-order chi connectivity index (χ0) is 21.4. The molecule has 29 heavy (non-hydrogen) atoms. The molecule has 0 saturated carbocycles. The second-order valence-electron chi connectivity index (χ2n) is 5.82. The number of carbonyl (C=O) groups excluding carboxylic acids is 1. The van der Waals surface area contributed by atoms with Crippen molar-refractivity contribution in [2.45, 2.75) is 18.9 Å². The molecule has 0 fully saturated rings. The second kappa shape index (κ2) is 7.22. The molecule has 154 valence electrons. The van der Waals surface area contributed by atoms with Gasteiger partial charge in [-0.1, -0.05) is 5.16 Å². The first-order valence-corrected chi connectivity index (χ1v) is 7.84. The van der Waals surface area contributed by atoms with Crippen LogP contribution in [0.2, 0.25) is 0 Å². The first-order valence-electron chi connectivity index (χ1n) is 7.84. The Morgan fingerprint density at radius 2 is 1.79 bits per heavy atom. The zero-order valence-corrected chi connectivity index (χ0v) is 14.5. The van der Waals surface area contributed by atoms with Crippen LogP contribution in [0.5, 0.6) is 0 Å². The fourth-order valence-corrected chi connectivity index (χ4v) is 2.35. The highest BCUT2D eigenvalue weighted by molar-refractivity contribution is 5.92. The third-order valence-electron chi connectivity index (χ3n) is 3.73. The number of rotatable bonds is 4. The third kappa shape index (κ3) is 4.55. The molecule has 1 amide bonds. The lowest BCUT2D eigenvalue weighted by Crippen LogP contribution is -2.24. The van der Waals surface area contributed by atoms with E-state index in [1.807, 2.05) is 0 Å². The number of pyridine rings is 1. The third-order valence-corrected chi connectivity index (χ3v) is 3.73. The minimum atomic E-state index is -4.70. The molecule has 0 aliphatic carbocycles.